The van der Waals surface area contributed by atoms with E-state index in [4.69, 9.17) is 5.26 Å². The van der Waals surface area contributed by atoms with Gasteiger partial charge in [0.15, 0.2) is 5.82 Å². The van der Waals surface area contributed by atoms with Crippen LogP contribution in [0.1, 0.15) is 22.5 Å². The summed E-state index contributed by atoms with van der Waals surface area (Å²) in [6, 6.07) is 20.0. The van der Waals surface area contributed by atoms with Crippen LogP contribution in [0.15, 0.2) is 54.6 Å². The Labute approximate surface area is 128 Å². The van der Waals surface area contributed by atoms with Crippen molar-refractivity contribution in [2.75, 3.05) is 0 Å². The number of hydrogen-bond acceptors (Lipinski definition) is 4. The van der Waals surface area contributed by atoms with Gasteiger partial charge in [-0.15, -0.1) is 5.10 Å². The minimum Gasteiger partial charge on any atom is -0.225 e. The number of benzene rings is 2. The smallest absolute Gasteiger partial charge is 0.151 e. The molecule has 0 aliphatic heterocycles. The van der Waals surface area contributed by atoms with Crippen LogP contribution in [0.5, 0.6) is 0 Å². The first-order valence-electron chi connectivity index (χ1n) is 7.14. The predicted octanol–water partition coefficient (Wildman–Crippen LogP) is 2.38. The lowest BCUT2D eigenvalue weighted by atomic mass is 10.1. The summed E-state index contributed by atoms with van der Waals surface area (Å²) >= 11 is 0. The van der Waals surface area contributed by atoms with E-state index in [0.717, 1.165) is 24.2 Å². The Morgan fingerprint density at radius 2 is 1.73 bits per heavy atom. The molecule has 0 aliphatic rings. The quantitative estimate of drug-likeness (QED) is 0.723. The molecule has 108 valence electrons. The maximum Gasteiger partial charge on any atom is 0.151 e. The molecule has 0 amide bonds. The van der Waals surface area contributed by atoms with Crippen LogP contribution in [0.25, 0.3) is 0 Å². The molecule has 0 aliphatic carbocycles. The van der Waals surface area contributed by atoms with E-state index in [0.29, 0.717) is 12.1 Å². The number of rotatable bonds is 5. The van der Waals surface area contributed by atoms with E-state index >= 15 is 0 Å². The maximum absolute atomic E-state index is 9.16. The monoisotopic (exact) mass is 289 g/mol. The molecule has 5 heteroatoms. The summed E-state index contributed by atoms with van der Waals surface area (Å²) < 4.78 is 1.76. The number of aryl methyl sites for hydroxylation is 2. The average Bonchev–Trinajstić information content (AvgIpc) is 3.01. The van der Waals surface area contributed by atoms with Crippen LogP contribution in [0.4, 0.5) is 0 Å². The van der Waals surface area contributed by atoms with Gasteiger partial charge in [-0.05, 0) is 34.0 Å². The van der Waals surface area contributed by atoms with E-state index in [1.165, 1.54) is 5.56 Å². The summed E-state index contributed by atoms with van der Waals surface area (Å²) in [4.78, 5) is 0. The van der Waals surface area contributed by atoms with Crippen molar-refractivity contribution in [3.05, 3.63) is 77.1 Å². The summed E-state index contributed by atoms with van der Waals surface area (Å²) in [5.74, 6) is 0.830. The van der Waals surface area contributed by atoms with E-state index in [1.807, 2.05) is 42.5 Å². The fourth-order valence-electron chi connectivity index (χ4n) is 2.35. The normalized spacial score (nSPS) is 10.3. The Bertz CT molecular complexity index is 786. The SMILES string of the molecule is N#Cc1ccccc1Cn1nnnc1CCc1ccccc1. The van der Waals surface area contributed by atoms with Crippen molar-refractivity contribution in [3.63, 3.8) is 0 Å². The average molecular weight is 289 g/mol. The topological polar surface area (TPSA) is 67.4 Å². The molecule has 22 heavy (non-hydrogen) atoms. The fourth-order valence-corrected chi connectivity index (χ4v) is 2.35. The molecule has 1 aromatic heterocycles. The van der Waals surface area contributed by atoms with Crippen LogP contribution in [0.3, 0.4) is 0 Å². The number of nitrogens with zero attached hydrogens (tertiary/aromatic N) is 5. The highest BCUT2D eigenvalue weighted by atomic mass is 15.5. The zero-order valence-corrected chi connectivity index (χ0v) is 12.1. The first-order chi connectivity index (χ1) is 10.9. The Kier molecular flexibility index (Phi) is 4.21. The van der Waals surface area contributed by atoms with Crippen molar-refractivity contribution in [1.29, 1.82) is 5.26 Å². The van der Waals surface area contributed by atoms with Gasteiger partial charge in [-0.2, -0.15) is 5.26 Å². The van der Waals surface area contributed by atoms with Crippen molar-refractivity contribution in [3.8, 4) is 6.07 Å². The summed E-state index contributed by atoms with van der Waals surface area (Å²) in [5.41, 5.74) is 2.85. The molecule has 1 heterocycles. The minimum absolute atomic E-state index is 0.515. The van der Waals surface area contributed by atoms with E-state index in [2.05, 4.69) is 33.7 Å². The van der Waals surface area contributed by atoms with Crippen molar-refractivity contribution < 1.29 is 0 Å². The van der Waals surface area contributed by atoms with Crippen molar-refractivity contribution in [2.45, 2.75) is 19.4 Å². The molecule has 0 N–H and O–H groups in total. The standard InChI is InChI=1S/C17H15N5/c18-12-15-8-4-5-9-16(15)13-22-17(19-20-21-22)11-10-14-6-2-1-3-7-14/h1-9H,10-11,13H2. The lowest BCUT2D eigenvalue weighted by Crippen LogP contribution is -2.09. The summed E-state index contributed by atoms with van der Waals surface area (Å²) in [5, 5.41) is 21.1. The van der Waals surface area contributed by atoms with Gasteiger partial charge in [0.25, 0.3) is 0 Å². The second kappa shape index (κ2) is 6.64. The zero-order valence-electron chi connectivity index (χ0n) is 12.1. The van der Waals surface area contributed by atoms with E-state index < -0.39 is 0 Å². The lowest BCUT2D eigenvalue weighted by Gasteiger charge is -2.06. The third-order valence-electron chi connectivity index (χ3n) is 3.54. The van der Waals surface area contributed by atoms with E-state index in [-0.39, 0.29) is 0 Å². The maximum atomic E-state index is 9.16. The predicted molar refractivity (Wildman–Crippen MR) is 81.9 cm³/mol. The zero-order chi connectivity index (χ0) is 15.2. The van der Waals surface area contributed by atoms with Crippen LogP contribution in [-0.2, 0) is 19.4 Å². The molecule has 2 aromatic carbocycles. The minimum atomic E-state index is 0.515. The van der Waals surface area contributed by atoms with Gasteiger partial charge in [-0.25, -0.2) is 4.68 Å². The fraction of sp³-hybridized carbons (Fsp3) is 0.176. The molecule has 0 saturated heterocycles. The molecule has 3 aromatic rings. The van der Waals surface area contributed by atoms with Crippen LogP contribution < -0.4 is 0 Å². The highest BCUT2D eigenvalue weighted by Gasteiger charge is 2.09. The number of nitriles is 1. The molecule has 0 bridgehead atoms. The summed E-state index contributed by atoms with van der Waals surface area (Å²) in [7, 11) is 0. The molecule has 5 nitrogen and oxygen atoms in total. The summed E-state index contributed by atoms with van der Waals surface area (Å²) in [6.07, 6.45) is 1.66. The van der Waals surface area contributed by atoms with E-state index in [1.54, 1.807) is 4.68 Å². The second-order valence-electron chi connectivity index (χ2n) is 5.01. The number of tetrazole rings is 1. The third-order valence-corrected chi connectivity index (χ3v) is 3.54. The van der Waals surface area contributed by atoms with Gasteiger partial charge in [0.1, 0.15) is 0 Å². The van der Waals surface area contributed by atoms with Gasteiger partial charge in [-0.1, -0.05) is 48.5 Å². The third kappa shape index (κ3) is 3.18. The molecule has 0 spiro atoms. The molecule has 3 rings (SSSR count). The Hall–Kier alpha value is -3.00. The lowest BCUT2D eigenvalue weighted by molar-refractivity contribution is 0.614. The summed E-state index contributed by atoms with van der Waals surface area (Å²) in [6.45, 7) is 0.515. The van der Waals surface area contributed by atoms with Gasteiger partial charge in [0.05, 0.1) is 18.2 Å². The molecular weight excluding hydrogens is 274 g/mol. The second-order valence-corrected chi connectivity index (χ2v) is 5.01. The Morgan fingerprint density at radius 3 is 2.55 bits per heavy atom. The molecule has 0 radical (unpaired) electrons. The van der Waals surface area contributed by atoms with Gasteiger partial charge in [0, 0.05) is 6.42 Å². The van der Waals surface area contributed by atoms with Gasteiger partial charge in [0.2, 0.25) is 0 Å². The first kappa shape index (κ1) is 14.0. The Morgan fingerprint density at radius 1 is 0.955 bits per heavy atom. The molecular formula is C17H15N5. The molecule has 0 fully saturated rings. The van der Waals surface area contributed by atoms with E-state index in [9.17, 15) is 0 Å². The van der Waals surface area contributed by atoms with Crippen molar-refractivity contribution in [1.82, 2.24) is 20.2 Å². The largest absolute Gasteiger partial charge is 0.225 e. The number of hydrogen-bond donors (Lipinski definition) is 0. The van der Waals surface area contributed by atoms with Crippen molar-refractivity contribution in [2.24, 2.45) is 0 Å². The number of aromatic nitrogens is 4. The highest BCUT2D eigenvalue weighted by molar-refractivity contribution is 5.37. The van der Waals surface area contributed by atoms with Gasteiger partial charge in [-0.3, -0.25) is 0 Å². The van der Waals surface area contributed by atoms with Crippen LogP contribution in [0, 0.1) is 11.3 Å². The van der Waals surface area contributed by atoms with Crippen LogP contribution in [-0.4, -0.2) is 20.2 Å². The highest BCUT2D eigenvalue weighted by Crippen LogP contribution is 2.11. The van der Waals surface area contributed by atoms with Gasteiger partial charge >= 0.3 is 0 Å². The first-order valence-corrected chi connectivity index (χ1v) is 7.14. The van der Waals surface area contributed by atoms with Crippen LogP contribution in [0.2, 0.25) is 0 Å². The van der Waals surface area contributed by atoms with Crippen molar-refractivity contribution >= 4 is 0 Å². The molecule has 0 saturated carbocycles. The molecule has 0 unspecified atom stereocenters. The Balaban J connectivity index is 1.74. The molecule has 0 atom stereocenters. The van der Waals surface area contributed by atoms with Gasteiger partial charge < -0.3 is 0 Å². The van der Waals surface area contributed by atoms with Crippen LogP contribution >= 0.6 is 0 Å².